The molecule has 0 aliphatic heterocycles. The third-order valence-corrected chi connectivity index (χ3v) is 7.57. The van der Waals surface area contributed by atoms with Gasteiger partial charge in [0, 0.05) is 18.3 Å². The third kappa shape index (κ3) is 4.57. The van der Waals surface area contributed by atoms with Crippen LogP contribution in [-0.4, -0.2) is 50.5 Å². The Hall–Kier alpha value is -3.75. The maximum absolute atomic E-state index is 12.8. The molecule has 1 atom stereocenters. The van der Waals surface area contributed by atoms with Crippen LogP contribution >= 0.6 is 0 Å². The largest absolute Gasteiger partial charge is 0.371 e. The molecule has 36 heavy (non-hydrogen) atoms. The summed E-state index contributed by atoms with van der Waals surface area (Å²) in [5, 5.41) is 16.4. The van der Waals surface area contributed by atoms with Crippen molar-refractivity contribution >= 4 is 17.5 Å². The molecule has 9 heteroatoms. The summed E-state index contributed by atoms with van der Waals surface area (Å²) in [4.78, 5) is 25.4. The SMILES string of the molecule is CN(CC(N)=O)C(=O)c1cccc(NC(c2ccc3c(c2)CCC3(C)C)c2nnnn2C2CCC2)c1. The van der Waals surface area contributed by atoms with Gasteiger partial charge in [-0.25, -0.2) is 4.68 Å². The number of amides is 2. The van der Waals surface area contributed by atoms with E-state index >= 15 is 0 Å². The Labute approximate surface area is 211 Å². The van der Waals surface area contributed by atoms with Crippen LogP contribution in [0, 0.1) is 0 Å². The monoisotopic (exact) mass is 487 g/mol. The number of carbonyl (C=O) groups is 2. The number of nitrogens with one attached hydrogen (secondary N) is 1. The molecule has 1 unspecified atom stereocenters. The zero-order chi connectivity index (χ0) is 25.4. The molecule has 188 valence electrons. The van der Waals surface area contributed by atoms with Gasteiger partial charge in [-0.15, -0.1) is 5.10 Å². The molecule has 2 aliphatic carbocycles. The molecule has 1 aromatic heterocycles. The van der Waals surface area contributed by atoms with Crippen molar-refractivity contribution in [2.45, 2.75) is 63.5 Å². The molecule has 3 aromatic rings. The molecule has 2 aromatic carbocycles. The average molecular weight is 488 g/mol. The molecular weight excluding hydrogens is 454 g/mol. The minimum atomic E-state index is -0.553. The van der Waals surface area contributed by atoms with Gasteiger partial charge in [-0.3, -0.25) is 9.59 Å². The highest BCUT2D eigenvalue weighted by Crippen LogP contribution is 2.41. The topological polar surface area (TPSA) is 119 Å². The maximum Gasteiger partial charge on any atom is 0.254 e. The minimum absolute atomic E-state index is 0.138. The number of aromatic nitrogens is 4. The van der Waals surface area contributed by atoms with Crippen LogP contribution in [-0.2, 0) is 16.6 Å². The highest BCUT2D eigenvalue weighted by Gasteiger charge is 2.32. The van der Waals surface area contributed by atoms with E-state index in [9.17, 15) is 9.59 Å². The van der Waals surface area contributed by atoms with Crippen LogP contribution in [0.25, 0.3) is 0 Å². The van der Waals surface area contributed by atoms with E-state index in [0.29, 0.717) is 11.6 Å². The lowest BCUT2D eigenvalue weighted by Gasteiger charge is -2.29. The van der Waals surface area contributed by atoms with Crippen molar-refractivity contribution in [2.24, 2.45) is 5.73 Å². The summed E-state index contributed by atoms with van der Waals surface area (Å²) in [6, 6.07) is 14.0. The van der Waals surface area contributed by atoms with Crippen molar-refractivity contribution in [3.63, 3.8) is 0 Å². The maximum atomic E-state index is 12.8. The van der Waals surface area contributed by atoms with Crippen LogP contribution in [0.1, 0.15) is 84.5 Å². The normalized spacial score (nSPS) is 17.2. The van der Waals surface area contributed by atoms with Gasteiger partial charge in [-0.05, 0) is 82.8 Å². The van der Waals surface area contributed by atoms with E-state index in [4.69, 9.17) is 5.73 Å². The van der Waals surface area contributed by atoms with Crippen LogP contribution in [0.15, 0.2) is 42.5 Å². The molecular formula is C27H33N7O2. The molecule has 5 rings (SSSR count). The van der Waals surface area contributed by atoms with E-state index in [0.717, 1.165) is 42.8 Å². The number of tetrazole rings is 1. The number of fused-ring (bicyclic) bond motifs is 1. The molecule has 0 bridgehead atoms. The van der Waals surface area contributed by atoms with Gasteiger partial charge in [-0.1, -0.05) is 38.1 Å². The predicted octanol–water partition coefficient (Wildman–Crippen LogP) is 3.38. The lowest BCUT2D eigenvalue weighted by Crippen LogP contribution is -2.35. The van der Waals surface area contributed by atoms with Crippen molar-refractivity contribution in [3.05, 3.63) is 70.5 Å². The zero-order valence-electron chi connectivity index (χ0n) is 21.1. The summed E-state index contributed by atoms with van der Waals surface area (Å²) in [5.41, 5.74) is 10.5. The minimum Gasteiger partial charge on any atom is -0.371 e. The van der Waals surface area contributed by atoms with Gasteiger partial charge in [0.1, 0.15) is 6.04 Å². The van der Waals surface area contributed by atoms with E-state index < -0.39 is 5.91 Å². The van der Waals surface area contributed by atoms with Crippen LogP contribution in [0.3, 0.4) is 0 Å². The van der Waals surface area contributed by atoms with Crippen LogP contribution in [0.5, 0.6) is 0 Å². The van der Waals surface area contributed by atoms with Gasteiger partial charge in [0.05, 0.1) is 12.6 Å². The first kappa shape index (κ1) is 24.0. The molecule has 1 saturated carbocycles. The number of anilines is 1. The van der Waals surface area contributed by atoms with E-state index in [1.165, 1.54) is 22.4 Å². The Bertz CT molecular complexity index is 1290. The number of carbonyl (C=O) groups excluding carboxylic acids is 2. The van der Waals surface area contributed by atoms with Gasteiger partial charge in [0.2, 0.25) is 5.91 Å². The Morgan fingerprint density at radius 1 is 1.22 bits per heavy atom. The fraction of sp³-hybridized carbons (Fsp3) is 0.444. The number of rotatable bonds is 8. The molecule has 1 fully saturated rings. The van der Waals surface area contributed by atoms with Crippen molar-refractivity contribution in [1.29, 1.82) is 0 Å². The summed E-state index contributed by atoms with van der Waals surface area (Å²) in [6.07, 6.45) is 5.50. The first-order valence-electron chi connectivity index (χ1n) is 12.5. The second-order valence-electron chi connectivity index (χ2n) is 10.7. The highest BCUT2D eigenvalue weighted by molar-refractivity contribution is 5.96. The van der Waals surface area contributed by atoms with E-state index in [2.05, 4.69) is 52.9 Å². The van der Waals surface area contributed by atoms with Gasteiger partial charge >= 0.3 is 0 Å². The fourth-order valence-corrected chi connectivity index (χ4v) is 5.26. The zero-order valence-corrected chi connectivity index (χ0v) is 21.1. The number of primary amides is 1. The lowest BCUT2D eigenvalue weighted by molar-refractivity contribution is -0.118. The van der Waals surface area contributed by atoms with Crippen LogP contribution in [0.2, 0.25) is 0 Å². The highest BCUT2D eigenvalue weighted by atomic mass is 16.2. The second-order valence-corrected chi connectivity index (χ2v) is 10.7. The predicted molar refractivity (Wildman–Crippen MR) is 137 cm³/mol. The third-order valence-electron chi connectivity index (χ3n) is 7.57. The van der Waals surface area contributed by atoms with Crippen molar-refractivity contribution in [2.75, 3.05) is 18.9 Å². The van der Waals surface area contributed by atoms with Gasteiger partial charge in [-0.2, -0.15) is 0 Å². The molecule has 0 spiro atoms. The first-order chi connectivity index (χ1) is 17.2. The molecule has 0 saturated heterocycles. The van der Waals surface area contributed by atoms with Crippen molar-refractivity contribution < 1.29 is 9.59 Å². The number of nitrogens with zero attached hydrogens (tertiary/aromatic N) is 5. The molecule has 9 nitrogen and oxygen atoms in total. The number of likely N-dealkylation sites (N-methyl/N-ethyl adjacent to an activating group) is 1. The summed E-state index contributed by atoms with van der Waals surface area (Å²) >= 11 is 0. The van der Waals surface area contributed by atoms with E-state index in [-0.39, 0.29) is 23.9 Å². The smallest absolute Gasteiger partial charge is 0.254 e. The first-order valence-corrected chi connectivity index (χ1v) is 12.5. The Morgan fingerprint density at radius 2 is 2.03 bits per heavy atom. The van der Waals surface area contributed by atoms with Crippen LogP contribution < -0.4 is 11.1 Å². The lowest BCUT2D eigenvalue weighted by atomic mass is 9.86. The molecule has 0 radical (unpaired) electrons. The number of hydrogen-bond acceptors (Lipinski definition) is 6. The summed E-state index contributed by atoms with van der Waals surface area (Å²) in [6.45, 7) is 4.45. The standard InChI is InChI=1S/C27H33N7O2/c1-27(2)13-12-17-14-18(10-11-22(17)27)24(25-30-31-32-34(25)21-8-5-9-21)29-20-7-4-6-19(15-20)26(36)33(3)16-23(28)35/h4,6-7,10-11,14-15,21,24,29H,5,8-9,12-13,16H2,1-3H3,(H2,28,35). The molecule has 2 aliphatic rings. The Kier molecular flexibility index (Phi) is 6.24. The molecule has 2 amide bonds. The van der Waals surface area contributed by atoms with Crippen LogP contribution in [0.4, 0.5) is 5.69 Å². The summed E-state index contributed by atoms with van der Waals surface area (Å²) < 4.78 is 1.95. The molecule has 3 N–H and O–H groups in total. The Morgan fingerprint density at radius 3 is 2.75 bits per heavy atom. The van der Waals surface area contributed by atoms with E-state index in [1.807, 2.05) is 16.8 Å². The number of benzene rings is 2. The number of nitrogens with two attached hydrogens (primary N) is 1. The summed E-state index contributed by atoms with van der Waals surface area (Å²) in [5.74, 6) is -0.0599. The van der Waals surface area contributed by atoms with Gasteiger partial charge in [0.25, 0.3) is 5.91 Å². The van der Waals surface area contributed by atoms with Gasteiger partial charge < -0.3 is 16.0 Å². The number of hydrogen-bond donors (Lipinski definition) is 2. The quantitative estimate of drug-likeness (QED) is 0.503. The van der Waals surface area contributed by atoms with Gasteiger partial charge in [0.15, 0.2) is 5.82 Å². The second kappa shape index (κ2) is 9.37. The van der Waals surface area contributed by atoms with Crippen molar-refractivity contribution in [3.8, 4) is 0 Å². The Balaban J connectivity index is 1.50. The molecule has 1 heterocycles. The number of aryl methyl sites for hydroxylation is 1. The van der Waals surface area contributed by atoms with E-state index in [1.54, 1.807) is 19.2 Å². The average Bonchev–Trinajstić information content (AvgIpc) is 3.39. The summed E-state index contributed by atoms with van der Waals surface area (Å²) in [7, 11) is 1.56. The van der Waals surface area contributed by atoms with Crippen molar-refractivity contribution in [1.82, 2.24) is 25.1 Å². The fourth-order valence-electron chi connectivity index (χ4n) is 5.26.